The highest BCUT2D eigenvalue weighted by molar-refractivity contribution is 7.16. The molecule has 0 spiro atoms. The van der Waals surface area contributed by atoms with Gasteiger partial charge in [0.2, 0.25) is 5.91 Å². The number of halogens is 1. The van der Waals surface area contributed by atoms with Gasteiger partial charge in [-0.15, -0.1) is 11.3 Å². The lowest BCUT2D eigenvalue weighted by atomic mass is 10.1. The van der Waals surface area contributed by atoms with E-state index >= 15 is 0 Å². The summed E-state index contributed by atoms with van der Waals surface area (Å²) in [7, 11) is 0. The Hall–Kier alpha value is -0.580. The Kier molecular flexibility index (Phi) is 4.65. The zero-order valence-corrected chi connectivity index (χ0v) is 12.1. The lowest BCUT2D eigenvalue weighted by molar-refractivity contribution is -0.135. The zero-order chi connectivity index (χ0) is 13.1. The van der Waals surface area contributed by atoms with Crippen LogP contribution in [-0.4, -0.2) is 23.4 Å². The van der Waals surface area contributed by atoms with E-state index in [-0.39, 0.29) is 17.9 Å². The van der Waals surface area contributed by atoms with Crippen molar-refractivity contribution in [2.45, 2.75) is 38.8 Å². The average Bonchev–Trinajstić information content (AvgIpc) is 2.94. The van der Waals surface area contributed by atoms with Crippen LogP contribution in [0.5, 0.6) is 0 Å². The van der Waals surface area contributed by atoms with Crippen LogP contribution in [0.15, 0.2) is 12.1 Å². The number of amides is 1. The largest absolute Gasteiger partial charge is 0.338 e. The summed E-state index contributed by atoms with van der Waals surface area (Å²) in [5.41, 5.74) is 5.87. The first-order valence-electron chi connectivity index (χ1n) is 6.38. The summed E-state index contributed by atoms with van der Waals surface area (Å²) in [5.74, 6) is 0.366. The van der Waals surface area contributed by atoms with Crippen molar-refractivity contribution in [1.82, 2.24) is 4.90 Å². The van der Waals surface area contributed by atoms with Crippen molar-refractivity contribution in [3.05, 3.63) is 21.3 Å². The Morgan fingerprint density at radius 1 is 1.56 bits per heavy atom. The predicted octanol–water partition coefficient (Wildman–Crippen LogP) is 2.88. The molecule has 3 nitrogen and oxygen atoms in total. The number of carbonyl (C=O) groups is 1. The Morgan fingerprint density at radius 2 is 2.33 bits per heavy atom. The van der Waals surface area contributed by atoms with E-state index in [1.165, 1.54) is 11.3 Å². The van der Waals surface area contributed by atoms with Crippen LogP contribution in [0.4, 0.5) is 0 Å². The molecule has 1 saturated carbocycles. The molecule has 0 radical (unpaired) electrons. The highest BCUT2D eigenvalue weighted by Crippen LogP contribution is 2.28. The van der Waals surface area contributed by atoms with Gasteiger partial charge in [0.25, 0.3) is 0 Å². The van der Waals surface area contributed by atoms with Gasteiger partial charge in [-0.05, 0) is 38.3 Å². The molecule has 1 aromatic rings. The minimum atomic E-state index is 0.121. The molecule has 1 heterocycles. The molecule has 2 rings (SSSR count). The molecule has 0 saturated heterocycles. The van der Waals surface area contributed by atoms with Crippen molar-refractivity contribution in [3.8, 4) is 0 Å². The van der Waals surface area contributed by atoms with Crippen LogP contribution in [0.25, 0.3) is 0 Å². The SMILES string of the molecule is CCN(Cc1ccc(Cl)s1)C(=O)C1CCC(N)C1. The van der Waals surface area contributed by atoms with Crippen molar-refractivity contribution in [2.24, 2.45) is 11.7 Å². The lowest BCUT2D eigenvalue weighted by Gasteiger charge is -2.23. The maximum Gasteiger partial charge on any atom is 0.226 e. The van der Waals surface area contributed by atoms with Gasteiger partial charge < -0.3 is 10.6 Å². The molecule has 2 unspecified atom stereocenters. The number of hydrogen-bond acceptors (Lipinski definition) is 3. The maximum atomic E-state index is 12.4. The third-order valence-electron chi connectivity index (χ3n) is 3.49. The fourth-order valence-electron chi connectivity index (χ4n) is 2.47. The van der Waals surface area contributed by atoms with Crippen LogP contribution in [0.2, 0.25) is 4.34 Å². The molecule has 18 heavy (non-hydrogen) atoms. The van der Waals surface area contributed by atoms with Crippen LogP contribution in [0.3, 0.4) is 0 Å². The van der Waals surface area contributed by atoms with E-state index in [0.29, 0.717) is 6.54 Å². The van der Waals surface area contributed by atoms with E-state index in [1.54, 1.807) is 0 Å². The first kappa shape index (κ1) is 13.8. The molecule has 1 aromatic heterocycles. The highest BCUT2D eigenvalue weighted by atomic mass is 35.5. The number of rotatable bonds is 4. The summed E-state index contributed by atoms with van der Waals surface area (Å²) in [6.07, 6.45) is 2.74. The second-order valence-corrected chi connectivity index (χ2v) is 6.63. The minimum absolute atomic E-state index is 0.121. The molecule has 1 aliphatic carbocycles. The molecule has 1 fully saturated rings. The van der Waals surface area contributed by atoms with Crippen molar-refractivity contribution in [3.63, 3.8) is 0 Å². The molecular formula is C13H19ClN2OS. The van der Waals surface area contributed by atoms with E-state index in [4.69, 9.17) is 17.3 Å². The summed E-state index contributed by atoms with van der Waals surface area (Å²) in [6.45, 7) is 3.42. The van der Waals surface area contributed by atoms with E-state index in [0.717, 1.165) is 35.0 Å². The summed E-state index contributed by atoms with van der Waals surface area (Å²) in [5, 5.41) is 0. The molecule has 0 bridgehead atoms. The van der Waals surface area contributed by atoms with Gasteiger partial charge in [0.15, 0.2) is 0 Å². The molecule has 100 valence electrons. The number of nitrogens with two attached hydrogens (primary N) is 1. The summed E-state index contributed by atoms with van der Waals surface area (Å²) >= 11 is 7.45. The van der Waals surface area contributed by atoms with Gasteiger partial charge in [0.05, 0.1) is 10.9 Å². The average molecular weight is 287 g/mol. The van der Waals surface area contributed by atoms with Crippen LogP contribution in [0.1, 0.15) is 31.1 Å². The monoisotopic (exact) mass is 286 g/mol. The highest BCUT2D eigenvalue weighted by Gasteiger charge is 2.30. The first-order chi connectivity index (χ1) is 8.60. The molecule has 1 aliphatic rings. The Labute approximate surface area is 117 Å². The van der Waals surface area contributed by atoms with Gasteiger partial charge in [0.1, 0.15) is 0 Å². The van der Waals surface area contributed by atoms with Crippen molar-refractivity contribution in [2.75, 3.05) is 6.54 Å². The quantitative estimate of drug-likeness (QED) is 0.925. The zero-order valence-electron chi connectivity index (χ0n) is 10.6. The van der Waals surface area contributed by atoms with Gasteiger partial charge >= 0.3 is 0 Å². The fraction of sp³-hybridized carbons (Fsp3) is 0.615. The Bertz CT molecular complexity index is 421. The molecule has 2 atom stereocenters. The van der Waals surface area contributed by atoms with E-state index in [2.05, 4.69) is 0 Å². The topological polar surface area (TPSA) is 46.3 Å². The third kappa shape index (κ3) is 3.25. The van der Waals surface area contributed by atoms with Gasteiger partial charge in [-0.3, -0.25) is 4.79 Å². The maximum absolute atomic E-state index is 12.4. The van der Waals surface area contributed by atoms with Crippen LogP contribution in [-0.2, 0) is 11.3 Å². The molecule has 1 amide bonds. The van der Waals surface area contributed by atoms with Gasteiger partial charge in [0, 0.05) is 23.4 Å². The van der Waals surface area contributed by atoms with E-state index < -0.39 is 0 Å². The molecule has 2 N–H and O–H groups in total. The predicted molar refractivity (Wildman–Crippen MR) is 75.7 cm³/mol. The van der Waals surface area contributed by atoms with Crippen molar-refractivity contribution >= 4 is 28.8 Å². The molecule has 5 heteroatoms. The van der Waals surface area contributed by atoms with Gasteiger partial charge in [-0.2, -0.15) is 0 Å². The smallest absolute Gasteiger partial charge is 0.226 e. The summed E-state index contributed by atoms with van der Waals surface area (Å²) < 4.78 is 0.774. The first-order valence-corrected chi connectivity index (χ1v) is 7.58. The minimum Gasteiger partial charge on any atom is -0.338 e. The second-order valence-electron chi connectivity index (χ2n) is 4.83. The number of carbonyl (C=O) groups excluding carboxylic acids is 1. The molecule has 0 aliphatic heterocycles. The number of nitrogens with zero attached hydrogens (tertiary/aromatic N) is 1. The van der Waals surface area contributed by atoms with Crippen molar-refractivity contribution < 1.29 is 4.79 Å². The molecular weight excluding hydrogens is 268 g/mol. The number of thiophene rings is 1. The van der Waals surface area contributed by atoms with Gasteiger partial charge in [-0.25, -0.2) is 0 Å². The second kappa shape index (κ2) is 6.04. The summed E-state index contributed by atoms with van der Waals surface area (Å²) in [4.78, 5) is 15.4. The van der Waals surface area contributed by atoms with E-state index in [9.17, 15) is 4.79 Å². The van der Waals surface area contributed by atoms with E-state index in [1.807, 2.05) is 24.0 Å². The van der Waals surface area contributed by atoms with Crippen LogP contribution in [0, 0.1) is 5.92 Å². The van der Waals surface area contributed by atoms with Gasteiger partial charge in [-0.1, -0.05) is 11.6 Å². The molecule has 0 aromatic carbocycles. The standard InChI is InChI=1S/C13H19ClN2OS/c1-2-16(8-11-5-6-12(14)18-11)13(17)9-3-4-10(15)7-9/h5-6,9-10H,2-4,7-8,15H2,1H3. The fourth-order valence-corrected chi connectivity index (χ4v) is 3.57. The van der Waals surface area contributed by atoms with Crippen LogP contribution < -0.4 is 5.73 Å². The Balaban J connectivity index is 1.97. The third-order valence-corrected chi connectivity index (χ3v) is 4.71. The van der Waals surface area contributed by atoms with Crippen LogP contribution >= 0.6 is 22.9 Å². The Morgan fingerprint density at radius 3 is 2.83 bits per heavy atom. The normalized spacial score (nSPS) is 23.3. The lowest BCUT2D eigenvalue weighted by Crippen LogP contribution is -2.35. The number of hydrogen-bond donors (Lipinski definition) is 1. The van der Waals surface area contributed by atoms with Crippen molar-refractivity contribution in [1.29, 1.82) is 0 Å². The summed E-state index contributed by atoms with van der Waals surface area (Å²) in [6, 6.07) is 4.07.